The molecular weight excluding hydrogens is 312 g/mol. The highest BCUT2D eigenvalue weighted by atomic mass is 16.6. The van der Waals surface area contributed by atoms with Crippen LogP contribution in [0.4, 0.5) is 11.4 Å². The maximum absolute atomic E-state index is 12.4. The predicted octanol–water partition coefficient (Wildman–Crippen LogP) is 1.05. The van der Waals surface area contributed by atoms with Crippen molar-refractivity contribution in [2.45, 2.75) is 0 Å². The summed E-state index contributed by atoms with van der Waals surface area (Å²) in [6.45, 7) is 0. The highest BCUT2D eigenvalue weighted by Crippen LogP contribution is 2.29. The number of hydrogen-bond acceptors (Lipinski definition) is 4. The lowest BCUT2D eigenvalue weighted by atomic mass is 10.0. The quantitative estimate of drug-likeness (QED) is 0.250. The third kappa shape index (κ3) is 3.91. The lowest BCUT2D eigenvalue weighted by Crippen LogP contribution is -2.26. The normalized spacial score (nSPS) is 10.9. The van der Waals surface area contributed by atoms with Gasteiger partial charge in [-0.25, -0.2) is 4.99 Å². The van der Waals surface area contributed by atoms with E-state index in [2.05, 4.69) is 9.98 Å². The smallest absolute Gasteiger partial charge is 0.295 e. The molecule has 0 amide bonds. The summed E-state index contributed by atoms with van der Waals surface area (Å²) in [7, 11) is 0. The van der Waals surface area contributed by atoms with E-state index in [1.54, 1.807) is 30.3 Å². The van der Waals surface area contributed by atoms with Crippen molar-refractivity contribution >= 4 is 29.1 Å². The molecule has 2 aromatic rings. The fourth-order valence-corrected chi connectivity index (χ4v) is 1.94. The van der Waals surface area contributed by atoms with E-state index in [-0.39, 0.29) is 34.6 Å². The van der Waals surface area contributed by atoms with Crippen LogP contribution in [-0.2, 0) is 0 Å². The van der Waals surface area contributed by atoms with Crippen molar-refractivity contribution in [3.63, 3.8) is 0 Å². The van der Waals surface area contributed by atoms with Crippen LogP contribution in [0, 0.1) is 10.1 Å². The van der Waals surface area contributed by atoms with Crippen LogP contribution in [-0.4, -0.2) is 22.6 Å². The highest BCUT2D eigenvalue weighted by molar-refractivity contribution is 6.09. The van der Waals surface area contributed by atoms with Crippen LogP contribution >= 0.6 is 0 Å². The van der Waals surface area contributed by atoms with Gasteiger partial charge >= 0.3 is 0 Å². The lowest BCUT2D eigenvalue weighted by Gasteiger charge is -2.03. The first kappa shape index (κ1) is 16.6. The largest absolute Gasteiger partial charge is 0.370 e. The zero-order chi connectivity index (χ0) is 17.7. The Morgan fingerprint density at radius 1 is 1.00 bits per heavy atom. The number of nitrogens with zero attached hydrogens (tertiary/aromatic N) is 3. The number of nitrogens with two attached hydrogens (primary N) is 3. The van der Waals surface area contributed by atoms with Gasteiger partial charge in [0, 0.05) is 17.2 Å². The summed E-state index contributed by atoms with van der Waals surface area (Å²) in [5.41, 5.74) is 15.9. The van der Waals surface area contributed by atoms with E-state index >= 15 is 0 Å². The fourth-order valence-electron chi connectivity index (χ4n) is 1.94. The fraction of sp³-hybridized carbons (Fsp3) is 0. The van der Waals surface area contributed by atoms with E-state index in [1.807, 2.05) is 0 Å². The molecule has 2 aromatic carbocycles. The van der Waals surface area contributed by atoms with Crippen LogP contribution in [0.1, 0.15) is 15.9 Å². The summed E-state index contributed by atoms with van der Waals surface area (Å²) in [5.74, 6) is -0.999. The monoisotopic (exact) mass is 326 g/mol. The van der Waals surface area contributed by atoms with Crippen molar-refractivity contribution < 1.29 is 9.72 Å². The molecule has 24 heavy (non-hydrogen) atoms. The molecule has 0 saturated heterocycles. The molecule has 2 rings (SSSR count). The number of nitro benzene ring substituents is 1. The summed E-state index contributed by atoms with van der Waals surface area (Å²) in [5, 5.41) is 11.2. The van der Waals surface area contributed by atoms with Gasteiger partial charge in [-0.05, 0) is 12.1 Å². The molecule has 0 aliphatic rings. The van der Waals surface area contributed by atoms with Gasteiger partial charge in [-0.2, -0.15) is 4.99 Å². The number of benzene rings is 2. The standard InChI is InChI=1S/C15H14N6O3/c16-14(17)20-15(18)19-11-7-6-10(8-12(11)21(23)24)13(22)9-4-2-1-3-5-9/h1-8H,(H6,16,17,18,19,20). The third-order valence-corrected chi connectivity index (χ3v) is 2.95. The molecule has 0 atom stereocenters. The minimum atomic E-state index is -0.663. The Morgan fingerprint density at radius 3 is 2.25 bits per heavy atom. The summed E-state index contributed by atoms with van der Waals surface area (Å²) in [4.78, 5) is 30.2. The maximum Gasteiger partial charge on any atom is 0.295 e. The van der Waals surface area contributed by atoms with Gasteiger partial charge in [0.05, 0.1) is 4.92 Å². The van der Waals surface area contributed by atoms with Crippen LogP contribution in [0.15, 0.2) is 58.5 Å². The number of guanidine groups is 2. The summed E-state index contributed by atoms with van der Waals surface area (Å²) < 4.78 is 0. The van der Waals surface area contributed by atoms with Gasteiger partial charge in [0.15, 0.2) is 11.7 Å². The van der Waals surface area contributed by atoms with E-state index in [0.29, 0.717) is 5.56 Å². The van der Waals surface area contributed by atoms with Crippen molar-refractivity contribution in [1.82, 2.24) is 0 Å². The molecule has 0 spiro atoms. The van der Waals surface area contributed by atoms with Crippen molar-refractivity contribution in [2.24, 2.45) is 27.2 Å². The molecule has 0 bridgehead atoms. The number of rotatable bonds is 4. The number of hydrogen-bond donors (Lipinski definition) is 3. The zero-order valence-electron chi connectivity index (χ0n) is 12.4. The lowest BCUT2D eigenvalue weighted by molar-refractivity contribution is -0.384. The van der Waals surface area contributed by atoms with E-state index in [9.17, 15) is 14.9 Å². The average molecular weight is 326 g/mol. The summed E-state index contributed by atoms with van der Waals surface area (Å²) in [6.07, 6.45) is 0. The molecular formula is C15H14N6O3. The summed E-state index contributed by atoms with van der Waals surface area (Å²) in [6, 6.07) is 12.3. The Hall–Kier alpha value is -3.75. The number of carbonyl (C=O) groups is 1. The van der Waals surface area contributed by atoms with Gasteiger partial charge in [-0.3, -0.25) is 14.9 Å². The predicted molar refractivity (Wildman–Crippen MR) is 90.1 cm³/mol. The zero-order valence-corrected chi connectivity index (χ0v) is 12.4. The molecule has 0 saturated carbocycles. The first-order valence-electron chi connectivity index (χ1n) is 6.70. The Labute approximate surface area is 136 Å². The van der Waals surface area contributed by atoms with Crippen molar-refractivity contribution in [3.05, 3.63) is 69.8 Å². The van der Waals surface area contributed by atoms with E-state index in [0.717, 1.165) is 6.07 Å². The van der Waals surface area contributed by atoms with E-state index < -0.39 is 4.92 Å². The van der Waals surface area contributed by atoms with Crippen LogP contribution in [0.3, 0.4) is 0 Å². The molecule has 0 aromatic heterocycles. The molecule has 0 fully saturated rings. The molecule has 6 N–H and O–H groups in total. The van der Waals surface area contributed by atoms with Crippen LogP contribution < -0.4 is 17.2 Å². The van der Waals surface area contributed by atoms with Crippen molar-refractivity contribution in [1.29, 1.82) is 0 Å². The van der Waals surface area contributed by atoms with Gasteiger partial charge < -0.3 is 17.2 Å². The molecule has 0 radical (unpaired) electrons. The highest BCUT2D eigenvalue weighted by Gasteiger charge is 2.18. The second kappa shape index (κ2) is 7.01. The maximum atomic E-state index is 12.4. The second-order valence-corrected chi connectivity index (χ2v) is 4.66. The van der Waals surface area contributed by atoms with Crippen molar-refractivity contribution in [2.75, 3.05) is 0 Å². The molecule has 122 valence electrons. The van der Waals surface area contributed by atoms with E-state index in [1.165, 1.54) is 12.1 Å². The van der Waals surface area contributed by atoms with Gasteiger partial charge in [0.25, 0.3) is 5.69 Å². The first-order valence-corrected chi connectivity index (χ1v) is 6.70. The SMILES string of the molecule is NC(N)=NC(N)=Nc1ccc(C(=O)c2ccccc2)cc1[N+](=O)[O-]. The van der Waals surface area contributed by atoms with Gasteiger partial charge in [-0.15, -0.1) is 0 Å². The van der Waals surface area contributed by atoms with Crippen LogP contribution in [0.25, 0.3) is 0 Å². The Bertz CT molecular complexity index is 842. The third-order valence-electron chi connectivity index (χ3n) is 2.95. The molecule has 0 heterocycles. The number of ketones is 1. The first-order chi connectivity index (χ1) is 11.4. The Morgan fingerprint density at radius 2 is 1.67 bits per heavy atom. The van der Waals surface area contributed by atoms with Crippen LogP contribution in [0.5, 0.6) is 0 Å². The molecule has 9 nitrogen and oxygen atoms in total. The number of aliphatic imine (C=N–C) groups is 2. The van der Waals surface area contributed by atoms with Gasteiger partial charge in [0.2, 0.25) is 5.96 Å². The molecule has 0 aliphatic carbocycles. The molecule has 9 heteroatoms. The summed E-state index contributed by atoms with van der Waals surface area (Å²) >= 11 is 0. The Kier molecular flexibility index (Phi) is 4.85. The van der Waals surface area contributed by atoms with Crippen molar-refractivity contribution in [3.8, 4) is 0 Å². The van der Waals surface area contributed by atoms with E-state index in [4.69, 9.17) is 17.2 Å². The van der Waals surface area contributed by atoms with Gasteiger partial charge in [-0.1, -0.05) is 30.3 Å². The minimum absolute atomic E-state index is 0.0629. The second-order valence-electron chi connectivity index (χ2n) is 4.66. The van der Waals surface area contributed by atoms with Gasteiger partial charge in [0.1, 0.15) is 5.69 Å². The molecule has 0 aliphatic heterocycles. The number of nitro groups is 1. The topological polar surface area (TPSA) is 163 Å². The average Bonchev–Trinajstić information content (AvgIpc) is 2.54. The minimum Gasteiger partial charge on any atom is -0.370 e. The van der Waals surface area contributed by atoms with Crippen LogP contribution in [0.2, 0.25) is 0 Å². The number of carbonyl (C=O) groups excluding carboxylic acids is 1. The molecule has 0 unspecified atom stereocenters. The Balaban J connectivity index is 2.46.